The SMILES string of the molecule is Clc1cccc(OCCC2CCCNC2)c1Cl. The number of hydrogen-bond acceptors (Lipinski definition) is 2. The molecule has 0 bridgehead atoms. The molecule has 0 amide bonds. The lowest BCUT2D eigenvalue weighted by molar-refractivity contribution is 0.254. The molecule has 17 heavy (non-hydrogen) atoms. The number of nitrogens with one attached hydrogen (secondary N) is 1. The standard InChI is InChI=1S/C13H17Cl2NO/c14-11-4-1-5-12(13(11)15)17-8-6-10-3-2-7-16-9-10/h1,4-5,10,16H,2-3,6-9H2. The number of piperidine rings is 1. The molecule has 0 saturated carbocycles. The zero-order valence-corrected chi connectivity index (χ0v) is 11.2. The Bertz CT molecular complexity index is 364. The first-order chi connectivity index (χ1) is 8.27. The molecule has 1 N–H and O–H groups in total. The van der Waals surface area contributed by atoms with Crippen LogP contribution in [0.25, 0.3) is 0 Å². The van der Waals surface area contributed by atoms with Crippen LogP contribution < -0.4 is 10.1 Å². The highest BCUT2D eigenvalue weighted by Crippen LogP contribution is 2.31. The van der Waals surface area contributed by atoms with Crippen LogP contribution in [0.15, 0.2) is 18.2 Å². The van der Waals surface area contributed by atoms with Crippen molar-refractivity contribution in [2.75, 3.05) is 19.7 Å². The zero-order chi connectivity index (χ0) is 12.1. The van der Waals surface area contributed by atoms with Gasteiger partial charge in [-0.05, 0) is 50.4 Å². The van der Waals surface area contributed by atoms with Crippen molar-refractivity contribution in [3.05, 3.63) is 28.2 Å². The summed E-state index contributed by atoms with van der Waals surface area (Å²) >= 11 is 12.0. The van der Waals surface area contributed by atoms with E-state index >= 15 is 0 Å². The van der Waals surface area contributed by atoms with E-state index in [1.165, 1.54) is 12.8 Å². The summed E-state index contributed by atoms with van der Waals surface area (Å²) in [6.07, 6.45) is 3.62. The molecule has 0 spiro atoms. The second kappa shape index (κ2) is 6.48. The number of ether oxygens (including phenoxy) is 1. The number of halogens is 2. The second-order valence-corrected chi connectivity index (χ2v) is 5.19. The van der Waals surface area contributed by atoms with Crippen LogP contribution >= 0.6 is 23.2 Å². The Morgan fingerprint density at radius 3 is 3.00 bits per heavy atom. The molecule has 94 valence electrons. The quantitative estimate of drug-likeness (QED) is 0.902. The normalized spacial score (nSPS) is 20.2. The van der Waals surface area contributed by atoms with Crippen LogP contribution in [0.1, 0.15) is 19.3 Å². The molecule has 1 atom stereocenters. The molecule has 2 nitrogen and oxygen atoms in total. The minimum Gasteiger partial charge on any atom is -0.492 e. The lowest BCUT2D eigenvalue weighted by Gasteiger charge is -2.22. The van der Waals surface area contributed by atoms with Crippen molar-refractivity contribution < 1.29 is 4.74 Å². The zero-order valence-electron chi connectivity index (χ0n) is 9.72. The molecular formula is C13H17Cl2NO. The maximum atomic E-state index is 6.05. The van der Waals surface area contributed by atoms with E-state index in [-0.39, 0.29) is 0 Å². The Morgan fingerprint density at radius 2 is 2.24 bits per heavy atom. The fourth-order valence-corrected chi connectivity index (χ4v) is 2.45. The van der Waals surface area contributed by atoms with Crippen molar-refractivity contribution in [2.45, 2.75) is 19.3 Å². The van der Waals surface area contributed by atoms with Gasteiger partial charge in [0.25, 0.3) is 0 Å². The van der Waals surface area contributed by atoms with E-state index in [0.29, 0.717) is 22.4 Å². The maximum absolute atomic E-state index is 6.05. The van der Waals surface area contributed by atoms with Gasteiger partial charge in [0.15, 0.2) is 0 Å². The Labute approximate surface area is 112 Å². The molecule has 4 heteroatoms. The molecule has 0 aromatic heterocycles. The lowest BCUT2D eigenvalue weighted by Crippen LogP contribution is -2.30. The van der Waals surface area contributed by atoms with Gasteiger partial charge in [0.1, 0.15) is 10.8 Å². The van der Waals surface area contributed by atoms with E-state index in [1.54, 1.807) is 6.07 Å². The number of rotatable bonds is 4. The predicted molar refractivity (Wildman–Crippen MR) is 72.2 cm³/mol. The summed E-state index contributed by atoms with van der Waals surface area (Å²) in [7, 11) is 0. The van der Waals surface area contributed by atoms with Gasteiger partial charge in [-0.15, -0.1) is 0 Å². The molecule has 1 fully saturated rings. The van der Waals surface area contributed by atoms with Gasteiger partial charge in [0.05, 0.1) is 11.6 Å². The van der Waals surface area contributed by atoms with Crippen molar-refractivity contribution in [1.82, 2.24) is 5.32 Å². The third-order valence-corrected chi connectivity index (χ3v) is 3.90. The van der Waals surface area contributed by atoms with E-state index in [2.05, 4.69) is 5.32 Å². The third kappa shape index (κ3) is 3.77. The molecular weight excluding hydrogens is 257 g/mol. The van der Waals surface area contributed by atoms with E-state index in [1.807, 2.05) is 12.1 Å². The summed E-state index contributed by atoms with van der Waals surface area (Å²) < 4.78 is 5.68. The van der Waals surface area contributed by atoms with Gasteiger partial charge in [0, 0.05) is 0 Å². The van der Waals surface area contributed by atoms with Crippen molar-refractivity contribution in [3.8, 4) is 5.75 Å². The van der Waals surface area contributed by atoms with Crippen LogP contribution in [0.3, 0.4) is 0 Å². The van der Waals surface area contributed by atoms with Crippen molar-refractivity contribution in [2.24, 2.45) is 5.92 Å². The van der Waals surface area contributed by atoms with Gasteiger partial charge in [-0.3, -0.25) is 0 Å². The molecule has 1 heterocycles. The predicted octanol–water partition coefficient (Wildman–Crippen LogP) is 3.76. The van der Waals surface area contributed by atoms with Gasteiger partial charge in [0.2, 0.25) is 0 Å². The van der Waals surface area contributed by atoms with E-state index in [9.17, 15) is 0 Å². The van der Waals surface area contributed by atoms with Gasteiger partial charge < -0.3 is 10.1 Å². The monoisotopic (exact) mass is 273 g/mol. The summed E-state index contributed by atoms with van der Waals surface area (Å²) in [6.45, 7) is 2.95. The average Bonchev–Trinajstić information content (AvgIpc) is 2.36. The molecule has 2 rings (SSSR count). The van der Waals surface area contributed by atoms with Crippen LogP contribution in [0.5, 0.6) is 5.75 Å². The molecule has 0 aliphatic carbocycles. The van der Waals surface area contributed by atoms with Crippen LogP contribution in [0.4, 0.5) is 0 Å². The average molecular weight is 274 g/mol. The first-order valence-corrected chi connectivity index (χ1v) is 6.80. The minimum atomic E-state index is 0.510. The molecule has 1 aromatic rings. The Kier molecular flexibility index (Phi) is 4.96. The van der Waals surface area contributed by atoms with Gasteiger partial charge in [-0.25, -0.2) is 0 Å². The first-order valence-electron chi connectivity index (χ1n) is 6.05. The molecule has 1 aromatic carbocycles. The molecule has 1 saturated heterocycles. The molecule has 0 radical (unpaired) electrons. The van der Waals surface area contributed by atoms with Gasteiger partial charge >= 0.3 is 0 Å². The topological polar surface area (TPSA) is 21.3 Å². The Hall–Kier alpha value is -0.440. The summed E-state index contributed by atoms with van der Waals surface area (Å²) in [6, 6.07) is 5.47. The fourth-order valence-electron chi connectivity index (χ4n) is 2.10. The number of hydrogen-bond donors (Lipinski definition) is 1. The second-order valence-electron chi connectivity index (χ2n) is 4.40. The Morgan fingerprint density at radius 1 is 1.35 bits per heavy atom. The van der Waals surface area contributed by atoms with Crippen LogP contribution in [0.2, 0.25) is 10.0 Å². The summed E-state index contributed by atoms with van der Waals surface area (Å²) in [5, 5.41) is 4.46. The summed E-state index contributed by atoms with van der Waals surface area (Å²) in [5.41, 5.74) is 0. The highest BCUT2D eigenvalue weighted by atomic mass is 35.5. The van der Waals surface area contributed by atoms with Crippen LogP contribution in [-0.4, -0.2) is 19.7 Å². The van der Waals surface area contributed by atoms with E-state index in [4.69, 9.17) is 27.9 Å². The fraction of sp³-hybridized carbons (Fsp3) is 0.538. The number of benzene rings is 1. The van der Waals surface area contributed by atoms with Gasteiger partial charge in [-0.1, -0.05) is 29.3 Å². The van der Waals surface area contributed by atoms with Gasteiger partial charge in [-0.2, -0.15) is 0 Å². The lowest BCUT2D eigenvalue weighted by atomic mass is 9.97. The van der Waals surface area contributed by atoms with E-state index in [0.717, 1.165) is 25.4 Å². The first kappa shape index (κ1) is 13.0. The van der Waals surface area contributed by atoms with Crippen molar-refractivity contribution >= 4 is 23.2 Å². The molecule has 1 unspecified atom stereocenters. The van der Waals surface area contributed by atoms with E-state index < -0.39 is 0 Å². The highest BCUT2D eigenvalue weighted by Gasteiger charge is 2.13. The summed E-state index contributed by atoms with van der Waals surface area (Å²) in [4.78, 5) is 0. The highest BCUT2D eigenvalue weighted by molar-refractivity contribution is 6.42. The molecule has 1 aliphatic rings. The molecule has 1 aliphatic heterocycles. The van der Waals surface area contributed by atoms with Crippen LogP contribution in [-0.2, 0) is 0 Å². The summed E-state index contributed by atoms with van der Waals surface area (Å²) in [5.74, 6) is 1.41. The Balaban J connectivity index is 1.79. The largest absolute Gasteiger partial charge is 0.492 e. The van der Waals surface area contributed by atoms with Crippen molar-refractivity contribution in [3.63, 3.8) is 0 Å². The van der Waals surface area contributed by atoms with Crippen molar-refractivity contribution in [1.29, 1.82) is 0 Å². The van der Waals surface area contributed by atoms with Crippen LogP contribution in [0, 0.1) is 5.92 Å². The minimum absolute atomic E-state index is 0.510. The third-order valence-electron chi connectivity index (χ3n) is 3.10. The maximum Gasteiger partial charge on any atom is 0.139 e. The smallest absolute Gasteiger partial charge is 0.139 e.